The van der Waals surface area contributed by atoms with Crippen molar-refractivity contribution in [2.75, 3.05) is 0 Å². The van der Waals surface area contributed by atoms with E-state index in [-0.39, 0.29) is 29.8 Å². The number of Topliss-reactive ketones (excluding diaryl/α,β-unsaturated/α-hetero) is 1. The number of nitrogens with zero attached hydrogens (tertiary/aromatic N) is 1. The highest BCUT2D eigenvalue weighted by Gasteiger charge is 2.20. The van der Waals surface area contributed by atoms with E-state index >= 15 is 0 Å². The molecule has 0 bridgehead atoms. The first-order valence-electron chi connectivity index (χ1n) is 9.00. The van der Waals surface area contributed by atoms with E-state index in [4.69, 9.17) is 0 Å². The van der Waals surface area contributed by atoms with Gasteiger partial charge in [-0.15, -0.1) is 11.3 Å². The zero-order valence-electron chi connectivity index (χ0n) is 16.7. The van der Waals surface area contributed by atoms with Gasteiger partial charge in [0.05, 0.1) is 4.53 Å². The Kier molecular flexibility index (Phi) is 6.72. The molecule has 150 valence electrons. The van der Waals surface area contributed by atoms with Crippen LogP contribution in [0.15, 0.2) is 29.1 Å². The summed E-state index contributed by atoms with van der Waals surface area (Å²) in [5.41, 5.74) is -0.468. The smallest absolute Gasteiger partial charge is 0.269 e. The molecule has 2 rings (SSSR count). The minimum absolute atomic E-state index is 0.0659. The molecular formula is C21H25FN2O3S. The van der Waals surface area contributed by atoms with Crippen LogP contribution in [0.5, 0.6) is 0 Å². The summed E-state index contributed by atoms with van der Waals surface area (Å²) >= 11 is 1.11. The molecular weight excluding hydrogens is 379 g/mol. The number of thiazole rings is 1. The van der Waals surface area contributed by atoms with Crippen molar-refractivity contribution >= 4 is 35.2 Å². The average molecular weight is 405 g/mol. The van der Waals surface area contributed by atoms with Crippen molar-refractivity contribution in [2.45, 2.75) is 47.2 Å². The summed E-state index contributed by atoms with van der Waals surface area (Å²) in [6.07, 6.45) is 2.96. The number of hydrogen-bond acceptors (Lipinski definition) is 4. The number of nitrogens with one attached hydrogen (secondary N) is 1. The summed E-state index contributed by atoms with van der Waals surface area (Å²) in [6.45, 7) is 8.82. The number of halogens is 1. The van der Waals surface area contributed by atoms with Crippen molar-refractivity contribution in [3.05, 3.63) is 55.2 Å². The van der Waals surface area contributed by atoms with Crippen molar-refractivity contribution in [2.24, 2.45) is 5.41 Å². The van der Waals surface area contributed by atoms with Crippen LogP contribution in [0.4, 0.5) is 4.39 Å². The molecule has 1 heterocycles. The van der Waals surface area contributed by atoms with Gasteiger partial charge in [-0.25, -0.2) is 4.39 Å². The van der Waals surface area contributed by atoms with Crippen molar-refractivity contribution < 1.29 is 14.0 Å². The van der Waals surface area contributed by atoms with E-state index in [1.807, 2.05) is 13.8 Å². The fourth-order valence-corrected chi connectivity index (χ4v) is 3.42. The Labute approximate surface area is 167 Å². The van der Waals surface area contributed by atoms with Gasteiger partial charge >= 0.3 is 0 Å². The average Bonchev–Trinajstić information content (AvgIpc) is 2.82. The summed E-state index contributed by atoms with van der Waals surface area (Å²) in [4.78, 5) is 37.5. The number of benzene rings is 1. The summed E-state index contributed by atoms with van der Waals surface area (Å²) < 4.78 is 15.5. The molecule has 0 spiro atoms. The van der Waals surface area contributed by atoms with E-state index < -0.39 is 11.2 Å². The van der Waals surface area contributed by atoms with Crippen LogP contribution in [0.3, 0.4) is 0 Å². The van der Waals surface area contributed by atoms with Gasteiger partial charge in [-0.05, 0) is 37.6 Å². The van der Waals surface area contributed by atoms with Crippen molar-refractivity contribution in [3.8, 4) is 0 Å². The third-order valence-corrected chi connectivity index (χ3v) is 4.89. The fraction of sp³-hybridized carbons (Fsp3) is 0.381. The van der Waals surface area contributed by atoms with Gasteiger partial charge in [-0.3, -0.25) is 19.0 Å². The predicted molar refractivity (Wildman–Crippen MR) is 110 cm³/mol. The minimum Gasteiger partial charge on any atom is -0.352 e. The quantitative estimate of drug-likeness (QED) is 0.826. The Bertz CT molecular complexity index is 1060. The number of carbonyl (C=O) groups is 2. The first-order valence-corrected chi connectivity index (χ1v) is 9.81. The van der Waals surface area contributed by atoms with Gasteiger partial charge in [0.15, 0.2) is 5.78 Å². The van der Waals surface area contributed by atoms with Crippen LogP contribution in [0, 0.1) is 11.2 Å². The van der Waals surface area contributed by atoms with Gasteiger partial charge in [-0.1, -0.05) is 32.9 Å². The van der Waals surface area contributed by atoms with Gasteiger partial charge in [0.2, 0.25) is 5.91 Å². The molecule has 0 atom stereocenters. The zero-order chi connectivity index (χ0) is 21.1. The second-order valence-electron chi connectivity index (χ2n) is 7.88. The highest BCUT2D eigenvalue weighted by Crippen LogP contribution is 2.14. The molecule has 1 aromatic heterocycles. The molecule has 1 aromatic carbocycles. The Morgan fingerprint density at radius 3 is 2.54 bits per heavy atom. The Balaban J connectivity index is 2.62. The van der Waals surface area contributed by atoms with Crippen LogP contribution in [0.2, 0.25) is 0 Å². The normalized spacial score (nSPS) is 13.2. The second-order valence-corrected chi connectivity index (χ2v) is 8.94. The van der Waals surface area contributed by atoms with Crippen LogP contribution in [-0.2, 0) is 16.1 Å². The minimum atomic E-state index is -0.614. The van der Waals surface area contributed by atoms with Gasteiger partial charge in [0.1, 0.15) is 17.0 Å². The van der Waals surface area contributed by atoms with Crippen molar-refractivity contribution in [1.29, 1.82) is 0 Å². The van der Waals surface area contributed by atoms with E-state index in [2.05, 4.69) is 5.32 Å². The van der Waals surface area contributed by atoms with Gasteiger partial charge in [-0.2, -0.15) is 0 Å². The molecule has 0 radical (unpaired) electrons. The Morgan fingerprint density at radius 2 is 1.96 bits per heavy atom. The van der Waals surface area contributed by atoms with Crippen LogP contribution in [-0.4, -0.2) is 22.3 Å². The van der Waals surface area contributed by atoms with Crippen molar-refractivity contribution in [3.63, 3.8) is 0 Å². The van der Waals surface area contributed by atoms with Gasteiger partial charge in [0.25, 0.3) is 5.56 Å². The molecule has 0 saturated carbocycles. The summed E-state index contributed by atoms with van der Waals surface area (Å²) in [5.74, 6) is -0.870. The molecule has 0 aliphatic rings. The zero-order valence-corrected chi connectivity index (χ0v) is 17.5. The number of carbonyl (C=O) groups excluding carboxylic acids is 2. The topological polar surface area (TPSA) is 68.2 Å². The number of hydrogen-bond donors (Lipinski definition) is 1. The molecule has 1 amide bonds. The molecule has 1 N–H and O–H groups in total. The SMILES string of the molecule is CC(C)NC(=O)Cn1c(=O)/c(=C\c2cccc(F)c2)s/c1=C\C(=O)C(C)(C)C. The van der Waals surface area contributed by atoms with Crippen LogP contribution < -0.4 is 20.1 Å². The standard InChI is InChI=1S/C21H25FN2O3S/c1-13(2)23-18(26)12-24-19(11-17(25)21(3,4)5)28-16(20(24)27)10-14-7-6-8-15(22)9-14/h6-11,13H,12H2,1-5H3,(H,23,26)/b16-10+,19-11-. The van der Waals surface area contributed by atoms with E-state index in [0.29, 0.717) is 14.8 Å². The first-order chi connectivity index (χ1) is 13.0. The molecule has 0 fully saturated rings. The molecule has 2 aromatic rings. The van der Waals surface area contributed by atoms with E-state index in [1.165, 1.54) is 22.8 Å². The number of ketones is 1. The number of aromatic nitrogens is 1. The number of rotatable bonds is 5. The van der Waals surface area contributed by atoms with Crippen LogP contribution >= 0.6 is 11.3 Å². The molecule has 5 nitrogen and oxygen atoms in total. The summed E-state index contributed by atoms with van der Waals surface area (Å²) in [5, 5.41) is 2.74. The number of amides is 1. The van der Waals surface area contributed by atoms with Gasteiger partial charge in [0, 0.05) is 17.5 Å². The lowest BCUT2D eigenvalue weighted by atomic mass is 9.91. The maximum absolute atomic E-state index is 13.4. The first kappa shape index (κ1) is 21.8. The molecule has 0 aliphatic carbocycles. The molecule has 0 aliphatic heterocycles. The van der Waals surface area contributed by atoms with Crippen LogP contribution in [0.1, 0.15) is 40.2 Å². The summed E-state index contributed by atoms with van der Waals surface area (Å²) in [7, 11) is 0. The highest BCUT2D eigenvalue weighted by atomic mass is 32.1. The molecule has 0 unspecified atom stereocenters. The molecule has 0 saturated heterocycles. The van der Waals surface area contributed by atoms with Crippen LogP contribution in [0.25, 0.3) is 12.2 Å². The van der Waals surface area contributed by atoms with Crippen molar-refractivity contribution in [1.82, 2.24) is 9.88 Å². The van der Waals surface area contributed by atoms with E-state index in [1.54, 1.807) is 39.0 Å². The largest absolute Gasteiger partial charge is 0.352 e. The monoisotopic (exact) mass is 404 g/mol. The predicted octanol–water partition coefficient (Wildman–Crippen LogP) is 1.80. The lowest BCUT2D eigenvalue weighted by Gasteiger charge is -2.13. The molecule has 28 heavy (non-hydrogen) atoms. The van der Waals surface area contributed by atoms with E-state index in [9.17, 15) is 18.8 Å². The lowest BCUT2D eigenvalue weighted by Crippen LogP contribution is -2.40. The molecule has 7 heteroatoms. The lowest BCUT2D eigenvalue weighted by molar-refractivity contribution is -0.122. The second kappa shape index (κ2) is 8.65. The van der Waals surface area contributed by atoms with E-state index in [0.717, 1.165) is 11.3 Å². The highest BCUT2D eigenvalue weighted by molar-refractivity contribution is 7.07. The van der Waals surface area contributed by atoms with Gasteiger partial charge < -0.3 is 5.32 Å². The fourth-order valence-electron chi connectivity index (χ4n) is 2.38. The Morgan fingerprint density at radius 1 is 1.29 bits per heavy atom. The Hall–Kier alpha value is -2.54. The third-order valence-electron chi connectivity index (χ3n) is 3.83. The summed E-state index contributed by atoms with van der Waals surface area (Å²) in [6, 6.07) is 5.81. The maximum atomic E-state index is 13.4. The third kappa shape index (κ3) is 5.73. The maximum Gasteiger partial charge on any atom is 0.269 e.